The van der Waals surface area contributed by atoms with Crippen molar-refractivity contribution in [1.29, 1.82) is 0 Å². The van der Waals surface area contributed by atoms with E-state index < -0.39 is 5.97 Å². The molecule has 0 saturated carbocycles. The van der Waals surface area contributed by atoms with Crippen LogP contribution in [0.1, 0.15) is 31.2 Å². The first-order valence-electron chi connectivity index (χ1n) is 5.77. The lowest BCUT2D eigenvalue weighted by Crippen LogP contribution is -2.11. The summed E-state index contributed by atoms with van der Waals surface area (Å²) < 4.78 is 1.00. The maximum Gasteiger partial charge on any atom is 0.303 e. The lowest BCUT2D eigenvalue weighted by atomic mass is 10.2. The molecule has 0 saturated heterocycles. The molecule has 0 radical (unpaired) electrons. The first-order chi connectivity index (χ1) is 8.49. The summed E-state index contributed by atoms with van der Waals surface area (Å²) in [5.41, 5.74) is 1.82. The zero-order valence-corrected chi connectivity index (χ0v) is 11.8. The first-order valence-corrected chi connectivity index (χ1v) is 6.56. The third-order valence-corrected chi connectivity index (χ3v) is 3.38. The van der Waals surface area contributed by atoms with E-state index in [9.17, 15) is 9.59 Å². The van der Waals surface area contributed by atoms with Crippen LogP contribution in [0, 0.1) is 6.92 Å². The van der Waals surface area contributed by atoms with Gasteiger partial charge in [0.2, 0.25) is 5.91 Å². The predicted octanol–water partition coefficient (Wildman–Crippen LogP) is 3.34. The third-order valence-electron chi connectivity index (χ3n) is 2.49. The average Bonchev–Trinajstić information content (AvgIpc) is 2.29. The number of amides is 1. The maximum absolute atomic E-state index is 11.6. The maximum atomic E-state index is 11.6. The highest BCUT2D eigenvalue weighted by molar-refractivity contribution is 9.10. The molecule has 0 aliphatic heterocycles. The monoisotopic (exact) mass is 313 g/mol. The number of anilines is 1. The highest BCUT2D eigenvalue weighted by atomic mass is 79.9. The van der Waals surface area contributed by atoms with Crippen molar-refractivity contribution < 1.29 is 14.7 Å². The van der Waals surface area contributed by atoms with E-state index >= 15 is 0 Å². The molecule has 0 aliphatic carbocycles. The van der Waals surface area contributed by atoms with E-state index in [1.165, 1.54) is 0 Å². The second-order valence-corrected chi connectivity index (χ2v) is 4.97. The van der Waals surface area contributed by atoms with Gasteiger partial charge < -0.3 is 10.4 Å². The summed E-state index contributed by atoms with van der Waals surface area (Å²) in [6.07, 6.45) is 1.59. The number of carboxylic acids is 1. The standard InChI is InChI=1S/C13H16BrNO3/c1-9-8-10(6-7-11(9)14)15-12(16)4-2-3-5-13(17)18/h6-8H,2-5H2,1H3,(H,15,16)(H,17,18). The molecule has 0 atom stereocenters. The topological polar surface area (TPSA) is 66.4 Å². The van der Waals surface area contributed by atoms with Crippen LogP contribution < -0.4 is 5.32 Å². The molecule has 0 heterocycles. The van der Waals surface area contributed by atoms with Gasteiger partial charge in [0, 0.05) is 23.0 Å². The van der Waals surface area contributed by atoms with Crippen LogP contribution in [0.4, 0.5) is 5.69 Å². The van der Waals surface area contributed by atoms with Gasteiger partial charge in [-0.15, -0.1) is 0 Å². The largest absolute Gasteiger partial charge is 0.481 e. The van der Waals surface area contributed by atoms with Crippen molar-refractivity contribution in [2.75, 3.05) is 5.32 Å². The number of rotatable bonds is 6. The fourth-order valence-electron chi connectivity index (χ4n) is 1.51. The molecule has 0 unspecified atom stereocenters. The summed E-state index contributed by atoms with van der Waals surface area (Å²) in [6.45, 7) is 1.95. The highest BCUT2D eigenvalue weighted by Gasteiger charge is 2.04. The van der Waals surface area contributed by atoms with Crippen LogP contribution in [0.25, 0.3) is 0 Å². The fourth-order valence-corrected chi connectivity index (χ4v) is 1.75. The fraction of sp³-hybridized carbons (Fsp3) is 0.385. The van der Waals surface area contributed by atoms with Crippen molar-refractivity contribution in [2.24, 2.45) is 0 Å². The SMILES string of the molecule is Cc1cc(NC(=O)CCCCC(=O)O)ccc1Br. The molecule has 1 rings (SSSR count). The Bertz CT molecular complexity index is 446. The highest BCUT2D eigenvalue weighted by Crippen LogP contribution is 2.20. The van der Waals surface area contributed by atoms with Gasteiger partial charge in [-0.05, 0) is 43.5 Å². The molecule has 0 aliphatic rings. The number of carboxylic acid groups (broad SMARTS) is 1. The first kappa shape index (κ1) is 14.7. The number of carbonyl (C=O) groups is 2. The molecule has 4 nitrogen and oxygen atoms in total. The van der Waals surface area contributed by atoms with Crippen molar-refractivity contribution in [3.63, 3.8) is 0 Å². The smallest absolute Gasteiger partial charge is 0.303 e. The zero-order chi connectivity index (χ0) is 13.5. The summed E-state index contributed by atoms with van der Waals surface area (Å²) in [5, 5.41) is 11.3. The van der Waals surface area contributed by atoms with Gasteiger partial charge in [0.05, 0.1) is 0 Å². The molecule has 98 valence electrons. The van der Waals surface area contributed by atoms with E-state index in [2.05, 4.69) is 21.2 Å². The molecule has 0 aromatic heterocycles. The van der Waals surface area contributed by atoms with E-state index in [0.29, 0.717) is 19.3 Å². The second-order valence-electron chi connectivity index (χ2n) is 4.11. The molecule has 0 fully saturated rings. The van der Waals surface area contributed by atoms with Gasteiger partial charge >= 0.3 is 5.97 Å². The van der Waals surface area contributed by atoms with Gasteiger partial charge in [-0.1, -0.05) is 15.9 Å². The molecule has 2 N–H and O–H groups in total. The van der Waals surface area contributed by atoms with Crippen LogP contribution in [0.15, 0.2) is 22.7 Å². The number of hydrogen-bond donors (Lipinski definition) is 2. The summed E-state index contributed by atoms with van der Waals surface area (Å²) in [4.78, 5) is 21.9. The molecule has 0 bridgehead atoms. The molecule has 0 spiro atoms. The Morgan fingerprint density at radius 3 is 2.56 bits per heavy atom. The number of hydrogen-bond acceptors (Lipinski definition) is 2. The quantitative estimate of drug-likeness (QED) is 0.791. The van der Waals surface area contributed by atoms with Gasteiger partial charge in [0.1, 0.15) is 0 Å². The summed E-state index contributed by atoms with van der Waals surface area (Å²) >= 11 is 3.39. The normalized spacial score (nSPS) is 10.1. The molecule has 5 heteroatoms. The van der Waals surface area contributed by atoms with Crippen LogP contribution in [0.2, 0.25) is 0 Å². The van der Waals surface area contributed by atoms with Gasteiger partial charge in [-0.25, -0.2) is 0 Å². The lowest BCUT2D eigenvalue weighted by molar-refractivity contribution is -0.137. The minimum atomic E-state index is -0.820. The van der Waals surface area contributed by atoms with Gasteiger partial charge in [-0.2, -0.15) is 0 Å². The molecular formula is C13H16BrNO3. The molecule has 1 aromatic rings. The van der Waals surface area contributed by atoms with E-state index in [0.717, 1.165) is 15.7 Å². The predicted molar refractivity (Wildman–Crippen MR) is 73.6 cm³/mol. The molecular weight excluding hydrogens is 298 g/mol. The third kappa shape index (κ3) is 5.31. The lowest BCUT2D eigenvalue weighted by Gasteiger charge is -2.06. The average molecular weight is 314 g/mol. The minimum absolute atomic E-state index is 0.0814. The number of carbonyl (C=O) groups excluding carboxylic acids is 1. The van der Waals surface area contributed by atoms with Crippen molar-refractivity contribution in [2.45, 2.75) is 32.6 Å². The summed E-state index contributed by atoms with van der Waals surface area (Å²) in [7, 11) is 0. The van der Waals surface area contributed by atoms with E-state index in [1.807, 2.05) is 25.1 Å². The minimum Gasteiger partial charge on any atom is -0.481 e. The van der Waals surface area contributed by atoms with Gasteiger partial charge in [0.25, 0.3) is 0 Å². The molecule has 1 aromatic carbocycles. The van der Waals surface area contributed by atoms with E-state index in [-0.39, 0.29) is 12.3 Å². The van der Waals surface area contributed by atoms with Gasteiger partial charge in [0.15, 0.2) is 0 Å². The number of halogens is 1. The Morgan fingerprint density at radius 2 is 1.94 bits per heavy atom. The number of benzene rings is 1. The summed E-state index contributed by atoms with van der Waals surface area (Å²) in [6, 6.07) is 5.60. The Morgan fingerprint density at radius 1 is 1.28 bits per heavy atom. The molecule has 1 amide bonds. The Kier molecular flexibility index (Phi) is 5.85. The van der Waals surface area contributed by atoms with Crippen molar-refractivity contribution in [3.8, 4) is 0 Å². The Balaban J connectivity index is 2.35. The Labute approximate surface area is 115 Å². The van der Waals surface area contributed by atoms with Crippen molar-refractivity contribution in [1.82, 2.24) is 0 Å². The van der Waals surface area contributed by atoms with Crippen LogP contribution in [-0.2, 0) is 9.59 Å². The van der Waals surface area contributed by atoms with Crippen LogP contribution >= 0.6 is 15.9 Å². The summed E-state index contributed by atoms with van der Waals surface area (Å²) in [5.74, 6) is -0.902. The van der Waals surface area contributed by atoms with Crippen molar-refractivity contribution in [3.05, 3.63) is 28.2 Å². The number of aliphatic carboxylic acids is 1. The number of nitrogens with one attached hydrogen (secondary N) is 1. The Hall–Kier alpha value is -1.36. The van der Waals surface area contributed by atoms with Crippen molar-refractivity contribution >= 4 is 33.5 Å². The zero-order valence-electron chi connectivity index (χ0n) is 10.2. The van der Waals surface area contributed by atoms with E-state index in [1.54, 1.807) is 0 Å². The van der Waals surface area contributed by atoms with Crippen LogP contribution in [0.3, 0.4) is 0 Å². The van der Waals surface area contributed by atoms with E-state index in [4.69, 9.17) is 5.11 Å². The van der Waals surface area contributed by atoms with Gasteiger partial charge in [-0.3, -0.25) is 9.59 Å². The number of unbranched alkanes of at least 4 members (excludes halogenated alkanes) is 1. The van der Waals surface area contributed by atoms with Crippen LogP contribution in [-0.4, -0.2) is 17.0 Å². The molecule has 18 heavy (non-hydrogen) atoms. The number of aryl methyl sites for hydroxylation is 1. The second kappa shape index (κ2) is 7.16. The van der Waals surface area contributed by atoms with Crippen LogP contribution in [0.5, 0.6) is 0 Å².